The molecular weight excluding hydrogens is 519 g/mol. The fourth-order valence-corrected chi connectivity index (χ4v) is 2.04. The molecule has 115 valence electrons. The molecule has 0 aliphatic carbocycles. The molecule has 0 aromatic heterocycles. The number of methoxy groups -OCH3 is 2. The minimum absolute atomic E-state index is 0.0979. The predicted octanol–water partition coefficient (Wildman–Crippen LogP) is 3.64. The van der Waals surface area contributed by atoms with Crippen molar-refractivity contribution >= 4 is 40.0 Å². The Labute approximate surface area is 151 Å². The van der Waals surface area contributed by atoms with Crippen molar-refractivity contribution in [3.8, 4) is 0 Å². The topological polar surface area (TPSA) is 30.5 Å². The maximum absolute atomic E-state index is 5.30. The van der Waals surface area contributed by atoms with Crippen LogP contribution in [-0.4, -0.2) is 40.0 Å². The molecule has 0 amide bonds. The molecular formula is C14H23I2NO2V. The number of nitrogens with one attached hydrogen (secondary N) is 1. The SMILES string of the molecule is CNC(CCc1ccccc1)(COC)COC.[I][V][I]. The van der Waals surface area contributed by atoms with Crippen LogP contribution in [0.25, 0.3) is 0 Å². The fraction of sp³-hybridized carbons (Fsp3) is 0.571. The molecule has 0 saturated carbocycles. The quantitative estimate of drug-likeness (QED) is 0.510. The Bertz CT molecular complexity index is 322. The van der Waals surface area contributed by atoms with Crippen molar-refractivity contribution < 1.29 is 18.9 Å². The number of benzene rings is 1. The first-order chi connectivity index (χ1) is 9.67. The second-order valence-corrected chi connectivity index (χ2v) is 16.2. The Morgan fingerprint density at radius 3 is 2.00 bits per heavy atom. The van der Waals surface area contributed by atoms with Gasteiger partial charge < -0.3 is 14.8 Å². The Hall–Kier alpha value is 1.14. The van der Waals surface area contributed by atoms with Crippen LogP contribution in [0.2, 0.25) is 0 Å². The maximum atomic E-state index is 5.30. The molecule has 1 rings (SSSR count). The predicted molar refractivity (Wildman–Crippen MR) is 98.3 cm³/mol. The molecule has 1 aromatic rings. The van der Waals surface area contributed by atoms with Crippen molar-refractivity contribution in [2.45, 2.75) is 18.4 Å². The molecule has 6 heteroatoms. The molecule has 1 N–H and O–H groups in total. The van der Waals surface area contributed by atoms with E-state index in [1.807, 2.05) is 13.1 Å². The molecule has 1 aromatic carbocycles. The van der Waals surface area contributed by atoms with Gasteiger partial charge >= 0.3 is 49.4 Å². The standard InChI is InChI=1S/C14H23NO2.2HI.V/c1-15-14(11-16-2,12-17-3)10-9-13-7-5-4-6-8-13;;;/h4-8,15H,9-12H2,1-3H3;2*1H;/q;;;+2/p-2. The second-order valence-electron chi connectivity index (χ2n) is 4.45. The van der Waals surface area contributed by atoms with E-state index in [-0.39, 0.29) is 5.54 Å². The van der Waals surface area contributed by atoms with E-state index in [4.69, 9.17) is 9.47 Å². The van der Waals surface area contributed by atoms with Crippen LogP contribution in [-0.2, 0) is 25.4 Å². The van der Waals surface area contributed by atoms with E-state index in [0.29, 0.717) is 22.7 Å². The first-order valence-corrected chi connectivity index (χ1v) is 15.3. The molecule has 20 heavy (non-hydrogen) atoms. The van der Waals surface area contributed by atoms with Crippen LogP contribution in [0.3, 0.4) is 0 Å². The number of hydrogen-bond acceptors (Lipinski definition) is 3. The van der Waals surface area contributed by atoms with E-state index in [1.165, 1.54) is 5.56 Å². The zero-order valence-corrected chi connectivity index (χ0v) is 17.9. The molecule has 0 heterocycles. The third-order valence-electron chi connectivity index (χ3n) is 3.11. The van der Waals surface area contributed by atoms with Gasteiger partial charge in [-0.05, 0) is 25.5 Å². The van der Waals surface area contributed by atoms with E-state index >= 15 is 0 Å². The molecule has 0 aliphatic rings. The third-order valence-corrected chi connectivity index (χ3v) is 3.11. The van der Waals surface area contributed by atoms with Crippen molar-refractivity contribution in [2.24, 2.45) is 0 Å². The van der Waals surface area contributed by atoms with Crippen LogP contribution in [0.5, 0.6) is 0 Å². The first kappa shape index (κ1) is 21.1. The van der Waals surface area contributed by atoms with Crippen LogP contribution in [0.1, 0.15) is 12.0 Å². The Balaban J connectivity index is 0.00000110. The molecule has 0 atom stereocenters. The van der Waals surface area contributed by atoms with Gasteiger partial charge in [0.2, 0.25) is 0 Å². The van der Waals surface area contributed by atoms with E-state index in [1.54, 1.807) is 14.2 Å². The molecule has 0 saturated heterocycles. The minimum atomic E-state index is -0.0979. The summed E-state index contributed by atoms with van der Waals surface area (Å²) in [5.41, 5.74) is 1.25. The number of halogens is 2. The summed E-state index contributed by atoms with van der Waals surface area (Å²) >= 11 is 4.74. The number of likely N-dealkylation sites (N-methyl/N-ethyl adjacent to an activating group) is 1. The van der Waals surface area contributed by atoms with Gasteiger partial charge in [0, 0.05) is 14.2 Å². The fourth-order valence-electron chi connectivity index (χ4n) is 2.04. The summed E-state index contributed by atoms with van der Waals surface area (Å²) in [6.07, 6.45) is 2.02. The monoisotopic (exact) mass is 542 g/mol. The molecule has 0 unspecified atom stereocenters. The zero-order chi connectivity index (χ0) is 15.3. The number of aryl methyl sites for hydroxylation is 1. The summed E-state index contributed by atoms with van der Waals surface area (Å²) in [4.78, 5) is 0. The van der Waals surface area contributed by atoms with Gasteiger partial charge in [-0.3, -0.25) is 0 Å². The van der Waals surface area contributed by atoms with Gasteiger partial charge in [-0.15, -0.1) is 0 Å². The van der Waals surface area contributed by atoms with Crippen LogP contribution in [0.15, 0.2) is 30.3 Å². The van der Waals surface area contributed by atoms with Crippen LogP contribution in [0, 0.1) is 0 Å². The van der Waals surface area contributed by atoms with Crippen molar-refractivity contribution in [2.75, 3.05) is 34.5 Å². The van der Waals surface area contributed by atoms with Gasteiger partial charge in [0.25, 0.3) is 0 Å². The van der Waals surface area contributed by atoms with Crippen LogP contribution < -0.4 is 5.32 Å². The van der Waals surface area contributed by atoms with Crippen LogP contribution in [0.4, 0.5) is 0 Å². The van der Waals surface area contributed by atoms with Crippen molar-refractivity contribution in [1.82, 2.24) is 5.32 Å². The van der Waals surface area contributed by atoms with Crippen molar-refractivity contribution in [1.29, 1.82) is 0 Å². The molecule has 0 bridgehead atoms. The average molecular weight is 542 g/mol. The van der Waals surface area contributed by atoms with Gasteiger partial charge in [0.05, 0.1) is 18.8 Å². The van der Waals surface area contributed by atoms with Gasteiger partial charge in [-0.2, -0.15) is 0 Å². The molecule has 3 nitrogen and oxygen atoms in total. The Morgan fingerprint density at radius 1 is 1.10 bits per heavy atom. The summed E-state index contributed by atoms with van der Waals surface area (Å²) in [7, 11) is 6.04. The normalized spacial score (nSPS) is 10.7. The number of ether oxygens (including phenoxy) is 2. The van der Waals surface area contributed by atoms with E-state index in [2.05, 4.69) is 69.5 Å². The number of hydrogen-bond donors (Lipinski definition) is 1. The molecule has 0 aliphatic heterocycles. The molecule has 0 fully saturated rings. The van der Waals surface area contributed by atoms with Crippen LogP contribution >= 0.6 is 40.0 Å². The van der Waals surface area contributed by atoms with E-state index in [0.717, 1.165) is 12.8 Å². The summed E-state index contributed by atoms with van der Waals surface area (Å²) in [6.45, 7) is 1.31. The molecule has 0 spiro atoms. The van der Waals surface area contributed by atoms with E-state index < -0.39 is 0 Å². The summed E-state index contributed by atoms with van der Waals surface area (Å²) < 4.78 is 10.6. The van der Waals surface area contributed by atoms with Gasteiger partial charge in [-0.25, -0.2) is 0 Å². The second kappa shape index (κ2) is 13.8. The average Bonchev–Trinajstić information content (AvgIpc) is 2.47. The number of rotatable bonds is 8. The zero-order valence-electron chi connectivity index (χ0n) is 12.2. The van der Waals surface area contributed by atoms with Gasteiger partial charge in [0.1, 0.15) is 0 Å². The van der Waals surface area contributed by atoms with Crippen molar-refractivity contribution in [3.05, 3.63) is 35.9 Å². The van der Waals surface area contributed by atoms with E-state index in [9.17, 15) is 0 Å². The Morgan fingerprint density at radius 2 is 1.60 bits per heavy atom. The molecule has 0 radical (unpaired) electrons. The van der Waals surface area contributed by atoms with Crippen molar-refractivity contribution in [3.63, 3.8) is 0 Å². The van der Waals surface area contributed by atoms with Gasteiger partial charge in [-0.1, -0.05) is 30.3 Å². The summed E-state index contributed by atoms with van der Waals surface area (Å²) in [5.74, 6) is 0. The summed E-state index contributed by atoms with van der Waals surface area (Å²) in [5, 5.41) is 3.34. The first-order valence-electron chi connectivity index (χ1n) is 6.31. The van der Waals surface area contributed by atoms with Gasteiger partial charge in [0.15, 0.2) is 0 Å². The third kappa shape index (κ3) is 9.22. The Kier molecular flexibility index (Phi) is 14.6. The summed E-state index contributed by atoms with van der Waals surface area (Å²) in [6, 6.07) is 10.5.